The molecule has 1 heterocycles. The Morgan fingerprint density at radius 2 is 2.00 bits per heavy atom. The first-order chi connectivity index (χ1) is 14.0. The molecule has 3 unspecified atom stereocenters. The number of rotatable bonds is 5. The Labute approximate surface area is 171 Å². The highest BCUT2D eigenvalue weighted by atomic mass is 19.1. The summed E-state index contributed by atoms with van der Waals surface area (Å²) in [6.07, 6.45) is 4.61. The minimum Gasteiger partial charge on any atom is -0.504 e. The Morgan fingerprint density at radius 1 is 1.17 bits per heavy atom. The van der Waals surface area contributed by atoms with E-state index in [1.54, 1.807) is 12.1 Å². The molecule has 2 N–H and O–H groups in total. The summed E-state index contributed by atoms with van der Waals surface area (Å²) in [5.41, 5.74) is 0.994. The number of likely N-dealkylation sites (tertiary alicyclic amines) is 1. The predicted octanol–water partition coefficient (Wildman–Crippen LogP) is 4.80. The standard InChI is InChI=1S/C24H30FNO3/c1-2-29-22-15-17(10-11-21(22)27)23-19-8-5-6-12-24(19,28)13-14-26(23)16-18-7-3-4-9-20(18)25/h3-4,7,9-11,15,19,23,27-28H,2,5-6,8,12-14,16H2,1H3. The van der Waals surface area contributed by atoms with Crippen LogP contribution in [0.2, 0.25) is 0 Å². The molecule has 1 aliphatic heterocycles. The highest BCUT2D eigenvalue weighted by Gasteiger charge is 2.49. The second kappa shape index (κ2) is 8.33. The average Bonchev–Trinajstić information content (AvgIpc) is 2.71. The molecule has 156 valence electrons. The van der Waals surface area contributed by atoms with Gasteiger partial charge in [-0.15, -0.1) is 0 Å². The van der Waals surface area contributed by atoms with Gasteiger partial charge in [-0.3, -0.25) is 4.90 Å². The molecule has 0 radical (unpaired) electrons. The topological polar surface area (TPSA) is 52.9 Å². The van der Waals surface area contributed by atoms with Crippen molar-refractivity contribution in [3.05, 3.63) is 59.4 Å². The van der Waals surface area contributed by atoms with Gasteiger partial charge in [-0.1, -0.05) is 37.1 Å². The van der Waals surface area contributed by atoms with E-state index in [0.29, 0.717) is 37.4 Å². The minimum absolute atomic E-state index is 0.0477. The van der Waals surface area contributed by atoms with E-state index in [1.807, 2.05) is 31.2 Å². The molecule has 1 aliphatic carbocycles. The summed E-state index contributed by atoms with van der Waals surface area (Å²) in [6, 6.07) is 12.3. The van der Waals surface area contributed by atoms with Crippen LogP contribution in [0.4, 0.5) is 4.39 Å². The van der Waals surface area contributed by atoms with Gasteiger partial charge in [0, 0.05) is 30.6 Å². The molecule has 29 heavy (non-hydrogen) atoms. The Morgan fingerprint density at radius 3 is 2.79 bits per heavy atom. The first kappa shape index (κ1) is 20.2. The Kier molecular flexibility index (Phi) is 5.79. The third-order valence-corrected chi connectivity index (χ3v) is 6.63. The summed E-state index contributed by atoms with van der Waals surface area (Å²) in [4.78, 5) is 2.28. The summed E-state index contributed by atoms with van der Waals surface area (Å²) in [7, 11) is 0. The largest absolute Gasteiger partial charge is 0.504 e. The summed E-state index contributed by atoms with van der Waals surface area (Å²) >= 11 is 0. The zero-order valence-electron chi connectivity index (χ0n) is 17.0. The summed E-state index contributed by atoms with van der Waals surface area (Å²) in [5.74, 6) is 0.457. The number of hydrogen-bond donors (Lipinski definition) is 2. The fraction of sp³-hybridized carbons (Fsp3) is 0.500. The number of ether oxygens (including phenoxy) is 1. The first-order valence-electron chi connectivity index (χ1n) is 10.7. The molecule has 0 bridgehead atoms. The smallest absolute Gasteiger partial charge is 0.161 e. The van der Waals surface area contributed by atoms with E-state index < -0.39 is 5.60 Å². The maximum Gasteiger partial charge on any atom is 0.161 e. The number of fused-ring (bicyclic) bond motifs is 1. The van der Waals surface area contributed by atoms with Crippen LogP contribution in [0.25, 0.3) is 0 Å². The van der Waals surface area contributed by atoms with Crippen LogP contribution in [0.3, 0.4) is 0 Å². The predicted molar refractivity (Wildman–Crippen MR) is 110 cm³/mol. The molecule has 2 aliphatic rings. The number of phenolic OH excluding ortho intramolecular Hbond substituents is 1. The highest BCUT2D eigenvalue weighted by molar-refractivity contribution is 5.43. The van der Waals surface area contributed by atoms with Gasteiger partial charge >= 0.3 is 0 Å². The molecule has 2 aromatic rings. The number of hydrogen-bond acceptors (Lipinski definition) is 4. The van der Waals surface area contributed by atoms with Crippen LogP contribution < -0.4 is 4.74 Å². The maximum absolute atomic E-state index is 14.4. The van der Waals surface area contributed by atoms with Gasteiger partial charge in [0.2, 0.25) is 0 Å². The first-order valence-corrected chi connectivity index (χ1v) is 10.7. The van der Waals surface area contributed by atoms with Gasteiger partial charge in [0.1, 0.15) is 5.82 Å². The lowest BCUT2D eigenvalue weighted by atomic mass is 9.66. The Hall–Kier alpha value is -2.11. The molecular weight excluding hydrogens is 369 g/mol. The Bertz CT molecular complexity index is 858. The van der Waals surface area contributed by atoms with Gasteiger partial charge in [0.25, 0.3) is 0 Å². The molecule has 5 heteroatoms. The monoisotopic (exact) mass is 399 g/mol. The fourth-order valence-corrected chi connectivity index (χ4v) is 5.19. The molecule has 2 aromatic carbocycles. The number of aromatic hydroxyl groups is 1. The fourth-order valence-electron chi connectivity index (χ4n) is 5.19. The van der Waals surface area contributed by atoms with E-state index in [0.717, 1.165) is 31.2 Å². The molecule has 0 amide bonds. The number of benzene rings is 2. The van der Waals surface area contributed by atoms with Gasteiger partial charge in [-0.2, -0.15) is 0 Å². The van der Waals surface area contributed by atoms with Crippen LogP contribution in [0.15, 0.2) is 42.5 Å². The van der Waals surface area contributed by atoms with Crippen LogP contribution in [0.5, 0.6) is 11.5 Å². The van der Waals surface area contributed by atoms with Crippen LogP contribution in [0.1, 0.15) is 56.2 Å². The third kappa shape index (κ3) is 3.99. The van der Waals surface area contributed by atoms with Crippen LogP contribution >= 0.6 is 0 Å². The molecule has 2 fully saturated rings. The molecule has 3 atom stereocenters. The molecular formula is C24H30FNO3. The van der Waals surface area contributed by atoms with Crippen LogP contribution in [-0.2, 0) is 6.54 Å². The number of nitrogens with zero attached hydrogens (tertiary/aromatic N) is 1. The van der Waals surface area contributed by atoms with Crippen LogP contribution in [0, 0.1) is 11.7 Å². The summed E-state index contributed by atoms with van der Waals surface area (Å²) in [6.45, 7) is 3.55. The SMILES string of the molecule is CCOc1cc(C2C3CCCCC3(O)CCN2Cc2ccccc2F)ccc1O. The number of halogens is 1. The van der Waals surface area contributed by atoms with E-state index >= 15 is 0 Å². The van der Waals surface area contributed by atoms with Crippen LogP contribution in [-0.4, -0.2) is 33.9 Å². The molecule has 0 aromatic heterocycles. The Balaban J connectivity index is 1.72. The normalized spacial score (nSPS) is 27.4. The summed E-state index contributed by atoms with van der Waals surface area (Å²) in [5, 5.41) is 21.6. The van der Waals surface area contributed by atoms with Crippen molar-refractivity contribution in [1.29, 1.82) is 0 Å². The lowest BCUT2D eigenvalue weighted by Gasteiger charge is -2.52. The molecule has 1 saturated heterocycles. The summed E-state index contributed by atoms with van der Waals surface area (Å²) < 4.78 is 20.0. The number of phenols is 1. The highest BCUT2D eigenvalue weighted by Crippen LogP contribution is 2.50. The zero-order chi connectivity index (χ0) is 20.4. The molecule has 1 saturated carbocycles. The van der Waals surface area contributed by atoms with Gasteiger partial charge in [0.15, 0.2) is 11.5 Å². The maximum atomic E-state index is 14.4. The second-order valence-electron chi connectivity index (χ2n) is 8.37. The van der Waals surface area contributed by atoms with Gasteiger partial charge in [-0.25, -0.2) is 4.39 Å². The van der Waals surface area contributed by atoms with Crippen molar-refractivity contribution in [2.24, 2.45) is 5.92 Å². The van der Waals surface area contributed by atoms with Crippen molar-refractivity contribution in [2.75, 3.05) is 13.2 Å². The van der Waals surface area contributed by atoms with Gasteiger partial charge in [-0.05, 0) is 49.9 Å². The van der Waals surface area contributed by atoms with E-state index in [1.165, 1.54) is 6.07 Å². The van der Waals surface area contributed by atoms with Crippen molar-refractivity contribution in [2.45, 2.75) is 57.2 Å². The zero-order valence-corrected chi connectivity index (χ0v) is 17.0. The van der Waals surface area contributed by atoms with E-state index in [2.05, 4.69) is 4.90 Å². The van der Waals surface area contributed by atoms with E-state index in [9.17, 15) is 14.6 Å². The molecule has 0 spiro atoms. The average molecular weight is 400 g/mol. The van der Waals surface area contributed by atoms with Crippen molar-refractivity contribution >= 4 is 0 Å². The third-order valence-electron chi connectivity index (χ3n) is 6.63. The van der Waals surface area contributed by atoms with Gasteiger partial charge in [0.05, 0.1) is 12.2 Å². The molecule has 4 nitrogen and oxygen atoms in total. The second-order valence-corrected chi connectivity index (χ2v) is 8.37. The number of piperidine rings is 1. The van der Waals surface area contributed by atoms with E-state index in [4.69, 9.17) is 4.74 Å². The lowest BCUT2D eigenvalue weighted by Crippen LogP contribution is -2.54. The minimum atomic E-state index is -0.682. The lowest BCUT2D eigenvalue weighted by molar-refractivity contribution is -0.126. The quantitative estimate of drug-likeness (QED) is 0.758. The van der Waals surface area contributed by atoms with E-state index in [-0.39, 0.29) is 23.5 Å². The van der Waals surface area contributed by atoms with Crippen molar-refractivity contribution in [3.8, 4) is 11.5 Å². The van der Waals surface area contributed by atoms with Crippen molar-refractivity contribution in [1.82, 2.24) is 4.90 Å². The molecule has 4 rings (SSSR count). The van der Waals surface area contributed by atoms with Crippen molar-refractivity contribution < 1.29 is 19.3 Å². The van der Waals surface area contributed by atoms with Crippen molar-refractivity contribution in [3.63, 3.8) is 0 Å². The van der Waals surface area contributed by atoms with Gasteiger partial charge < -0.3 is 14.9 Å². The number of aliphatic hydroxyl groups is 1.